The van der Waals surface area contributed by atoms with E-state index in [-0.39, 0.29) is 0 Å². The first-order valence-electron chi connectivity index (χ1n) is 6.12. The van der Waals surface area contributed by atoms with Crippen LogP contribution < -0.4 is 4.74 Å². The van der Waals surface area contributed by atoms with E-state index in [4.69, 9.17) is 4.74 Å². The van der Waals surface area contributed by atoms with Crippen molar-refractivity contribution < 1.29 is 9.53 Å². The Morgan fingerprint density at radius 3 is 2.74 bits per heavy atom. The molecule has 0 unspecified atom stereocenters. The molecule has 19 heavy (non-hydrogen) atoms. The summed E-state index contributed by atoms with van der Waals surface area (Å²) < 4.78 is 7.33. The molecule has 4 heteroatoms. The van der Waals surface area contributed by atoms with Crippen LogP contribution in [0.4, 0.5) is 0 Å². The third-order valence-corrected chi connectivity index (χ3v) is 2.74. The Morgan fingerprint density at radius 1 is 1.37 bits per heavy atom. The number of para-hydroxylation sites is 1. The number of rotatable bonds is 6. The number of carbonyl (C=O) groups excluding carboxylic acids is 1. The first kappa shape index (κ1) is 13.1. The minimum atomic E-state index is 0.475. The zero-order valence-corrected chi connectivity index (χ0v) is 10.9. The molecule has 0 fully saturated rings. The number of aromatic nitrogens is 2. The molecule has 0 spiro atoms. The van der Waals surface area contributed by atoms with Crippen molar-refractivity contribution in [3.63, 3.8) is 0 Å². The number of aldehydes is 1. The maximum Gasteiger partial charge on any atom is 0.227 e. The monoisotopic (exact) mass is 256 g/mol. The van der Waals surface area contributed by atoms with Crippen molar-refractivity contribution in [1.29, 1.82) is 0 Å². The molecule has 2 rings (SSSR count). The molecule has 0 amide bonds. The molecule has 0 aliphatic rings. The second-order valence-corrected chi connectivity index (χ2v) is 4.10. The van der Waals surface area contributed by atoms with Gasteiger partial charge >= 0.3 is 0 Å². The third kappa shape index (κ3) is 2.73. The predicted molar refractivity (Wildman–Crippen MR) is 74.0 cm³/mol. The van der Waals surface area contributed by atoms with Crippen LogP contribution in [0, 0.1) is 6.92 Å². The van der Waals surface area contributed by atoms with E-state index >= 15 is 0 Å². The van der Waals surface area contributed by atoms with E-state index in [1.54, 1.807) is 17.7 Å². The lowest BCUT2D eigenvalue weighted by Crippen LogP contribution is -2.05. The molecule has 4 nitrogen and oxygen atoms in total. The largest absolute Gasteiger partial charge is 0.477 e. The molecule has 0 atom stereocenters. The lowest BCUT2D eigenvalue weighted by atomic mass is 10.3. The number of ether oxygens (including phenoxy) is 1. The predicted octanol–water partition coefficient (Wildman–Crippen LogP) is 2.95. The zero-order valence-electron chi connectivity index (χ0n) is 10.9. The van der Waals surface area contributed by atoms with Crippen LogP contribution in [0.2, 0.25) is 0 Å². The van der Waals surface area contributed by atoms with Crippen LogP contribution in [0.3, 0.4) is 0 Å². The van der Waals surface area contributed by atoms with E-state index < -0.39 is 0 Å². The molecule has 0 bridgehead atoms. The van der Waals surface area contributed by atoms with E-state index in [0.717, 1.165) is 18.4 Å². The molecular formula is C15H16N2O2. The molecule has 1 aromatic heterocycles. The molecule has 1 heterocycles. The van der Waals surface area contributed by atoms with Gasteiger partial charge in [0.25, 0.3) is 0 Å². The van der Waals surface area contributed by atoms with Gasteiger partial charge in [0.15, 0.2) is 6.29 Å². The average Bonchev–Trinajstić information content (AvgIpc) is 2.76. The molecule has 98 valence electrons. The van der Waals surface area contributed by atoms with Crippen LogP contribution in [0.5, 0.6) is 5.88 Å². The van der Waals surface area contributed by atoms with E-state index in [9.17, 15) is 4.79 Å². The van der Waals surface area contributed by atoms with E-state index in [1.165, 1.54) is 0 Å². The fourth-order valence-electron chi connectivity index (χ4n) is 1.78. The van der Waals surface area contributed by atoms with Gasteiger partial charge in [-0.25, -0.2) is 4.68 Å². The maximum absolute atomic E-state index is 11.2. The molecular weight excluding hydrogens is 240 g/mol. The highest BCUT2D eigenvalue weighted by Crippen LogP contribution is 2.24. The van der Waals surface area contributed by atoms with Crippen molar-refractivity contribution in [2.24, 2.45) is 0 Å². The average molecular weight is 256 g/mol. The van der Waals surface area contributed by atoms with Gasteiger partial charge < -0.3 is 4.74 Å². The molecule has 0 radical (unpaired) electrons. The van der Waals surface area contributed by atoms with Crippen molar-refractivity contribution >= 4 is 6.29 Å². The van der Waals surface area contributed by atoms with Gasteiger partial charge in [-0.05, 0) is 25.5 Å². The van der Waals surface area contributed by atoms with Crippen LogP contribution in [-0.2, 0) is 0 Å². The normalized spacial score (nSPS) is 10.2. The smallest absolute Gasteiger partial charge is 0.227 e. The maximum atomic E-state index is 11.2. The van der Waals surface area contributed by atoms with Gasteiger partial charge in [-0.1, -0.05) is 24.3 Å². The summed E-state index contributed by atoms with van der Waals surface area (Å²) in [5.74, 6) is 0.487. The second kappa shape index (κ2) is 6.00. The fourth-order valence-corrected chi connectivity index (χ4v) is 1.78. The van der Waals surface area contributed by atoms with Crippen LogP contribution in [0.15, 0.2) is 43.0 Å². The van der Waals surface area contributed by atoms with Crippen LogP contribution >= 0.6 is 0 Å². The van der Waals surface area contributed by atoms with Crippen molar-refractivity contribution in [1.82, 2.24) is 9.78 Å². The van der Waals surface area contributed by atoms with Crippen molar-refractivity contribution in [3.8, 4) is 11.6 Å². The Morgan fingerprint density at radius 2 is 2.11 bits per heavy atom. The number of hydrogen-bond donors (Lipinski definition) is 0. The summed E-state index contributed by atoms with van der Waals surface area (Å²) in [7, 11) is 0. The molecule has 0 aliphatic heterocycles. The minimum absolute atomic E-state index is 0.475. The Hall–Kier alpha value is -2.36. The molecule has 0 N–H and O–H groups in total. The fraction of sp³-hybridized carbons (Fsp3) is 0.200. The zero-order chi connectivity index (χ0) is 13.7. The van der Waals surface area contributed by atoms with Gasteiger partial charge in [0.05, 0.1) is 23.6 Å². The first-order valence-corrected chi connectivity index (χ1v) is 6.12. The van der Waals surface area contributed by atoms with Gasteiger partial charge in [-0.2, -0.15) is 5.10 Å². The Bertz CT molecular complexity index is 573. The number of nitrogens with zero attached hydrogens (tertiary/aromatic N) is 2. The lowest BCUT2D eigenvalue weighted by Gasteiger charge is -2.09. The van der Waals surface area contributed by atoms with Gasteiger partial charge in [-0.15, -0.1) is 6.58 Å². The van der Waals surface area contributed by atoms with Crippen molar-refractivity contribution in [3.05, 3.63) is 54.2 Å². The standard InChI is InChI=1S/C15H16N2O2/c1-3-4-10-19-15-14(11-18)12(2)16-17(15)13-8-6-5-7-9-13/h3,5-9,11H,1,4,10H2,2H3. The molecule has 2 aromatic rings. The van der Waals surface area contributed by atoms with E-state index in [0.29, 0.717) is 23.7 Å². The second-order valence-electron chi connectivity index (χ2n) is 4.10. The van der Waals surface area contributed by atoms with Crippen LogP contribution in [0.25, 0.3) is 5.69 Å². The summed E-state index contributed by atoms with van der Waals surface area (Å²) in [6, 6.07) is 9.60. The van der Waals surface area contributed by atoms with Crippen molar-refractivity contribution in [2.75, 3.05) is 6.61 Å². The summed E-state index contributed by atoms with van der Waals surface area (Å²) in [6.07, 6.45) is 3.28. The van der Waals surface area contributed by atoms with Crippen LogP contribution in [-0.4, -0.2) is 22.7 Å². The third-order valence-electron chi connectivity index (χ3n) is 2.74. The van der Waals surface area contributed by atoms with Crippen LogP contribution in [0.1, 0.15) is 22.5 Å². The quantitative estimate of drug-likeness (QED) is 0.453. The van der Waals surface area contributed by atoms with E-state index in [1.807, 2.05) is 30.3 Å². The minimum Gasteiger partial charge on any atom is -0.477 e. The Kier molecular flexibility index (Phi) is 4.13. The summed E-state index contributed by atoms with van der Waals surface area (Å²) in [5, 5.41) is 4.36. The summed E-state index contributed by atoms with van der Waals surface area (Å²) in [4.78, 5) is 11.2. The van der Waals surface area contributed by atoms with Gasteiger partial charge in [-0.3, -0.25) is 4.79 Å². The highest BCUT2D eigenvalue weighted by atomic mass is 16.5. The highest BCUT2D eigenvalue weighted by Gasteiger charge is 2.17. The number of hydrogen-bond acceptors (Lipinski definition) is 3. The molecule has 1 aromatic carbocycles. The summed E-state index contributed by atoms with van der Waals surface area (Å²) in [5.41, 5.74) is 2.02. The van der Waals surface area contributed by atoms with Crippen molar-refractivity contribution in [2.45, 2.75) is 13.3 Å². The highest BCUT2D eigenvalue weighted by molar-refractivity contribution is 5.80. The Labute approximate surface area is 112 Å². The SMILES string of the molecule is C=CCCOc1c(C=O)c(C)nn1-c1ccccc1. The molecule has 0 saturated heterocycles. The topological polar surface area (TPSA) is 44.1 Å². The van der Waals surface area contributed by atoms with E-state index in [2.05, 4.69) is 11.7 Å². The summed E-state index contributed by atoms with van der Waals surface area (Å²) in [6.45, 7) is 5.92. The molecule has 0 aliphatic carbocycles. The lowest BCUT2D eigenvalue weighted by molar-refractivity contribution is 0.111. The molecule has 0 saturated carbocycles. The van der Waals surface area contributed by atoms with Gasteiger partial charge in [0.2, 0.25) is 5.88 Å². The van der Waals surface area contributed by atoms with Gasteiger partial charge in [0.1, 0.15) is 0 Å². The Balaban J connectivity index is 2.42. The number of aryl methyl sites for hydroxylation is 1. The first-order chi connectivity index (χ1) is 9.27. The summed E-state index contributed by atoms with van der Waals surface area (Å²) >= 11 is 0. The number of benzene rings is 1. The van der Waals surface area contributed by atoms with Gasteiger partial charge in [0, 0.05) is 0 Å². The number of carbonyl (C=O) groups is 1.